The molecule has 2 aromatic carbocycles. The zero-order valence-corrected chi connectivity index (χ0v) is 20.5. The summed E-state index contributed by atoms with van der Waals surface area (Å²) in [4.78, 5) is 0. The van der Waals surface area contributed by atoms with Crippen LogP contribution in [0.3, 0.4) is 0 Å². The zero-order chi connectivity index (χ0) is 22.8. The summed E-state index contributed by atoms with van der Waals surface area (Å²) in [6.45, 7) is 10.1. The SMILES string of the molecule is CC.CC.Cc1ccc2c(=S)n(C)ccc2c1.Cn1cc(F)c2ccccc2c1=S. The van der Waals surface area contributed by atoms with Gasteiger partial charge in [0.1, 0.15) is 15.1 Å². The van der Waals surface area contributed by atoms with E-state index >= 15 is 0 Å². The van der Waals surface area contributed by atoms with Gasteiger partial charge >= 0.3 is 0 Å². The lowest BCUT2D eigenvalue weighted by atomic mass is 10.1. The minimum atomic E-state index is -0.230. The van der Waals surface area contributed by atoms with Gasteiger partial charge < -0.3 is 9.13 Å². The van der Waals surface area contributed by atoms with E-state index in [1.807, 2.05) is 57.6 Å². The van der Waals surface area contributed by atoms with Crippen molar-refractivity contribution in [1.82, 2.24) is 9.13 Å². The summed E-state index contributed by atoms with van der Waals surface area (Å²) in [6.07, 6.45) is 3.41. The van der Waals surface area contributed by atoms with Crippen molar-refractivity contribution in [3.8, 4) is 0 Å². The van der Waals surface area contributed by atoms with Crippen LogP contribution in [0.1, 0.15) is 33.3 Å². The van der Waals surface area contributed by atoms with E-state index in [2.05, 4.69) is 31.2 Å². The Labute approximate surface area is 189 Å². The Morgan fingerprint density at radius 1 is 0.733 bits per heavy atom. The predicted molar refractivity (Wildman–Crippen MR) is 135 cm³/mol. The first-order valence-electron chi connectivity index (χ1n) is 10.2. The van der Waals surface area contributed by atoms with Crippen LogP contribution in [0.15, 0.2) is 60.9 Å². The van der Waals surface area contributed by atoms with E-state index in [4.69, 9.17) is 24.4 Å². The molecule has 0 aliphatic heterocycles. The standard InChI is InChI=1S/C11H11NS.C10H8FNS.2C2H6/c1-8-3-4-10-9(7-8)5-6-12(2)11(10)13;1-12-6-9(11)7-4-2-3-5-8(7)10(12)13;2*1-2/h3-7H,1-2H3;2-6H,1H3;2*1-2H3. The highest BCUT2D eigenvalue weighted by atomic mass is 32.1. The molecule has 0 aliphatic carbocycles. The van der Waals surface area contributed by atoms with Gasteiger partial charge in [0, 0.05) is 42.6 Å². The maximum absolute atomic E-state index is 13.4. The van der Waals surface area contributed by atoms with Crippen LogP contribution in [0.2, 0.25) is 0 Å². The van der Waals surface area contributed by atoms with Crippen molar-refractivity contribution in [3.05, 3.63) is 81.6 Å². The highest BCUT2D eigenvalue weighted by molar-refractivity contribution is 7.71. The average molecular weight is 443 g/mol. The van der Waals surface area contributed by atoms with Gasteiger partial charge in [0.2, 0.25) is 0 Å². The molecule has 0 amide bonds. The van der Waals surface area contributed by atoms with Crippen molar-refractivity contribution in [2.45, 2.75) is 34.6 Å². The van der Waals surface area contributed by atoms with Crippen molar-refractivity contribution in [3.63, 3.8) is 0 Å². The highest BCUT2D eigenvalue weighted by Crippen LogP contribution is 2.18. The number of nitrogens with zero attached hydrogens (tertiary/aromatic N) is 2. The minimum absolute atomic E-state index is 0.230. The molecule has 4 aromatic rings. The van der Waals surface area contributed by atoms with E-state index in [0.29, 0.717) is 10.0 Å². The van der Waals surface area contributed by atoms with Crippen molar-refractivity contribution < 1.29 is 4.39 Å². The average Bonchev–Trinajstić information content (AvgIpc) is 2.78. The molecule has 5 heteroatoms. The number of halogens is 1. The smallest absolute Gasteiger partial charge is 0.147 e. The Hall–Kier alpha value is -2.37. The van der Waals surface area contributed by atoms with Crippen LogP contribution in [0.4, 0.5) is 4.39 Å². The fraction of sp³-hybridized carbons (Fsp3) is 0.280. The number of hydrogen-bond acceptors (Lipinski definition) is 2. The van der Waals surface area contributed by atoms with Crippen LogP contribution in [0.25, 0.3) is 21.5 Å². The van der Waals surface area contributed by atoms with Gasteiger partial charge in [-0.2, -0.15) is 0 Å². The maximum atomic E-state index is 13.4. The van der Waals surface area contributed by atoms with Gasteiger partial charge in [-0.25, -0.2) is 4.39 Å². The van der Waals surface area contributed by atoms with Crippen molar-refractivity contribution >= 4 is 46.0 Å². The molecule has 0 spiro atoms. The molecule has 0 saturated heterocycles. The van der Waals surface area contributed by atoms with E-state index in [-0.39, 0.29) is 5.82 Å². The Balaban J connectivity index is 0.000000258. The first-order valence-corrected chi connectivity index (χ1v) is 11.0. The number of aryl methyl sites for hydroxylation is 3. The molecule has 2 aromatic heterocycles. The molecule has 0 atom stereocenters. The van der Waals surface area contributed by atoms with Crippen LogP contribution < -0.4 is 0 Å². The summed E-state index contributed by atoms with van der Waals surface area (Å²) in [6, 6.07) is 15.7. The number of fused-ring (bicyclic) bond motifs is 2. The maximum Gasteiger partial charge on any atom is 0.147 e. The van der Waals surface area contributed by atoms with E-state index in [1.54, 1.807) is 23.7 Å². The number of rotatable bonds is 0. The molecular weight excluding hydrogens is 411 g/mol. The lowest BCUT2D eigenvalue weighted by molar-refractivity contribution is 0.621. The molecule has 160 valence electrons. The second-order valence-corrected chi connectivity index (χ2v) is 7.03. The first kappa shape index (κ1) is 25.7. The largest absolute Gasteiger partial charge is 0.342 e. The molecule has 0 bridgehead atoms. The summed E-state index contributed by atoms with van der Waals surface area (Å²) in [5, 5.41) is 3.76. The summed E-state index contributed by atoms with van der Waals surface area (Å²) in [7, 11) is 3.72. The molecule has 0 fully saturated rings. The van der Waals surface area contributed by atoms with Crippen LogP contribution in [0.5, 0.6) is 0 Å². The molecule has 0 unspecified atom stereocenters. The van der Waals surface area contributed by atoms with Gasteiger partial charge in [0.05, 0.1) is 0 Å². The molecule has 0 radical (unpaired) electrons. The van der Waals surface area contributed by atoms with Crippen LogP contribution in [-0.4, -0.2) is 9.13 Å². The molecular formula is C25H31FN2S2. The molecule has 0 N–H and O–H groups in total. The van der Waals surface area contributed by atoms with E-state index in [1.165, 1.54) is 17.1 Å². The molecule has 4 rings (SSSR count). The summed E-state index contributed by atoms with van der Waals surface area (Å²) < 4.78 is 18.5. The van der Waals surface area contributed by atoms with Gasteiger partial charge in [-0.15, -0.1) is 0 Å². The van der Waals surface area contributed by atoms with Gasteiger partial charge in [-0.3, -0.25) is 0 Å². The molecule has 0 aliphatic rings. The third kappa shape index (κ3) is 6.07. The summed E-state index contributed by atoms with van der Waals surface area (Å²) in [5.41, 5.74) is 1.27. The number of aromatic nitrogens is 2. The number of hydrogen-bond donors (Lipinski definition) is 0. The van der Waals surface area contributed by atoms with E-state index in [9.17, 15) is 4.39 Å². The zero-order valence-electron chi connectivity index (χ0n) is 18.9. The van der Waals surface area contributed by atoms with Crippen LogP contribution in [-0.2, 0) is 14.1 Å². The second-order valence-electron chi connectivity index (χ2n) is 6.26. The lowest BCUT2D eigenvalue weighted by Gasteiger charge is -2.03. The van der Waals surface area contributed by atoms with E-state index in [0.717, 1.165) is 15.4 Å². The Bertz CT molecular complexity index is 1220. The van der Waals surface area contributed by atoms with Crippen LogP contribution >= 0.6 is 24.4 Å². The lowest BCUT2D eigenvalue weighted by Crippen LogP contribution is -1.95. The van der Waals surface area contributed by atoms with E-state index < -0.39 is 0 Å². The van der Waals surface area contributed by atoms with Crippen LogP contribution in [0, 0.1) is 22.0 Å². The van der Waals surface area contributed by atoms with Crippen molar-refractivity contribution in [1.29, 1.82) is 0 Å². The van der Waals surface area contributed by atoms with Crippen molar-refractivity contribution in [2.75, 3.05) is 0 Å². The summed E-state index contributed by atoms with van der Waals surface area (Å²) in [5.74, 6) is -0.230. The van der Waals surface area contributed by atoms with Gasteiger partial charge in [0.25, 0.3) is 0 Å². The Morgan fingerprint density at radius 3 is 1.93 bits per heavy atom. The predicted octanol–water partition coefficient (Wildman–Crippen LogP) is 8.32. The second kappa shape index (κ2) is 12.4. The Morgan fingerprint density at radius 2 is 1.30 bits per heavy atom. The highest BCUT2D eigenvalue weighted by Gasteiger charge is 2.02. The number of benzene rings is 2. The third-order valence-corrected chi connectivity index (χ3v) is 5.29. The third-order valence-electron chi connectivity index (χ3n) is 4.28. The van der Waals surface area contributed by atoms with Gasteiger partial charge in [-0.1, -0.05) is 100 Å². The minimum Gasteiger partial charge on any atom is -0.342 e. The number of pyridine rings is 2. The Kier molecular flexibility index (Phi) is 10.6. The quantitative estimate of drug-likeness (QED) is 0.253. The fourth-order valence-corrected chi connectivity index (χ4v) is 3.31. The topological polar surface area (TPSA) is 9.86 Å². The molecule has 2 nitrogen and oxygen atoms in total. The molecule has 2 heterocycles. The first-order chi connectivity index (χ1) is 14.4. The summed E-state index contributed by atoms with van der Waals surface area (Å²) >= 11 is 10.5. The molecule has 0 saturated carbocycles. The van der Waals surface area contributed by atoms with Gasteiger partial charge in [0.15, 0.2) is 0 Å². The monoisotopic (exact) mass is 442 g/mol. The molecule has 30 heavy (non-hydrogen) atoms. The normalized spacial score (nSPS) is 9.60. The van der Waals surface area contributed by atoms with Crippen molar-refractivity contribution in [2.24, 2.45) is 14.1 Å². The fourth-order valence-electron chi connectivity index (χ4n) is 2.83. The van der Waals surface area contributed by atoms with Gasteiger partial charge in [-0.05, 0) is 18.4 Å².